The molecule has 0 aromatic heterocycles. The number of hydrogen-bond donors (Lipinski definition) is 0. The molecule has 114 valence electrons. The molecule has 2 rings (SSSR count). The summed E-state index contributed by atoms with van der Waals surface area (Å²) in [6.45, 7) is 3.15. The highest BCUT2D eigenvalue weighted by molar-refractivity contribution is 5.69. The molecule has 0 saturated heterocycles. The first-order valence-electron chi connectivity index (χ1n) is 7.00. The van der Waals surface area contributed by atoms with Gasteiger partial charge in [-0.3, -0.25) is 9.59 Å². The normalized spacial score (nSPS) is 10.1. The maximum Gasteiger partial charge on any atom is 0.302 e. The summed E-state index contributed by atoms with van der Waals surface area (Å²) in [5, 5.41) is 0. The average molecular weight is 298 g/mol. The van der Waals surface area contributed by atoms with Gasteiger partial charge in [0.1, 0.15) is 13.2 Å². The third kappa shape index (κ3) is 4.45. The highest BCUT2D eigenvalue weighted by Gasteiger charge is 2.09. The largest absolute Gasteiger partial charge is 0.461 e. The van der Waals surface area contributed by atoms with Crippen molar-refractivity contribution in [2.24, 2.45) is 0 Å². The Labute approximate surface area is 129 Å². The van der Waals surface area contributed by atoms with Crippen LogP contribution in [0.2, 0.25) is 0 Å². The van der Waals surface area contributed by atoms with Crippen molar-refractivity contribution in [2.45, 2.75) is 27.1 Å². The second-order valence-electron chi connectivity index (χ2n) is 4.92. The van der Waals surface area contributed by atoms with Crippen molar-refractivity contribution in [2.75, 3.05) is 0 Å². The van der Waals surface area contributed by atoms with Gasteiger partial charge in [0.15, 0.2) is 0 Å². The Morgan fingerprint density at radius 2 is 1.50 bits per heavy atom. The minimum Gasteiger partial charge on any atom is -0.461 e. The molecule has 22 heavy (non-hydrogen) atoms. The minimum atomic E-state index is -0.329. The monoisotopic (exact) mass is 298 g/mol. The van der Waals surface area contributed by atoms with Crippen LogP contribution < -0.4 is 0 Å². The molecule has 4 heteroatoms. The molecule has 0 N–H and O–H groups in total. The molecule has 2 aromatic carbocycles. The zero-order chi connectivity index (χ0) is 15.9. The first-order chi connectivity index (χ1) is 10.6. The van der Waals surface area contributed by atoms with Crippen LogP contribution >= 0.6 is 0 Å². The van der Waals surface area contributed by atoms with Crippen molar-refractivity contribution in [1.82, 2.24) is 0 Å². The van der Waals surface area contributed by atoms with Gasteiger partial charge in [0.05, 0.1) is 0 Å². The lowest BCUT2D eigenvalue weighted by Crippen LogP contribution is -2.03. The van der Waals surface area contributed by atoms with Gasteiger partial charge in [-0.25, -0.2) is 0 Å². The summed E-state index contributed by atoms with van der Waals surface area (Å²) in [5.41, 5.74) is 3.78. The number of carbonyl (C=O) groups is 2. The number of carbonyl (C=O) groups excluding carboxylic acids is 2. The van der Waals surface area contributed by atoms with Crippen molar-refractivity contribution >= 4 is 11.9 Å². The molecule has 0 atom stereocenters. The number of benzene rings is 2. The van der Waals surface area contributed by atoms with Crippen molar-refractivity contribution < 1.29 is 19.1 Å². The summed E-state index contributed by atoms with van der Waals surface area (Å²) in [6.07, 6.45) is 0. The van der Waals surface area contributed by atoms with Gasteiger partial charge in [-0.2, -0.15) is 0 Å². The van der Waals surface area contributed by atoms with E-state index < -0.39 is 0 Å². The molecule has 0 bridgehead atoms. The number of ether oxygens (including phenoxy) is 2. The van der Waals surface area contributed by atoms with E-state index in [-0.39, 0.29) is 25.2 Å². The Balaban J connectivity index is 2.31. The zero-order valence-corrected chi connectivity index (χ0v) is 12.7. The molecular weight excluding hydrogens is 280 g/mol. The number of esters is 2. The topological polar surface area (TPSA) is 52.6 Å². The van der Waals surface area contributed by atoms with Crippen LogP contribution in [0.5, 0.6) is 0 Å². The Kier molecular flexibility index (Phi) is 5.31. The summed E-state index contributed by atoms with van der Waals surface area (Å²) >= 11 is 0. The minimum absolute atomic E-state index is 0.188. The van der Waals surface area contributed by atoms with Crippen molar-refractivity contribution in [3.05, 3.63) is 59.7 Å². The van der Waals surface area contributed by atoms with Crippen LogP contribution in [-0.4, -0.2) is 11.9 Å². The van der Waals surface area contributed by atoms with Crippen LogP contribution in [0.25, 0.3) is 11.1 Å². The smallest absolute Gasteiger partial charge is 0.302 e. The summed E-state index contributed by atoms with van der Waals surface area (Å²) < 4.78 is 10.1. The predicted octanol–water partition coefficient (Wildman–Crippen LogP) is 3.48. The van der Waals surface area contributed by atoms with Crippen LogP contribution in [0, 0.1) is 0 Å². The molecule has 0 spiro atoms. The molecule has 0 radical (unpaired) electrons. The summed E-state index contributed by atoms with van der Waals surface area (Å²) in [7, 11) is 0. The van der Waals surface area contributed by atoms with E-state index in [1.54, 1.807) is 0 Å². The molecule has 4 nitrogen and oxygen atoms in total. The molecule has 2 aromatic rings. The van der Waals surface area contributed by atoms with E-state index in [1.165, 1.54) is 13.8 Å². The van der Waals surface area contributed by atoms with Gasteiger partial charge < -0.3 is 9.47 Å². The van der Waals surface area contributed by atoms with E-state index >= 15 is 0 Å². The Bertz CT molecular complexity index is 662. The van der Waals surface area contributed by atoms with Crippen molar-refractivity contribution in [3.63, 3.8) is 0 Å². The zero-order valence-electron chi connectivity index (χ0n) is 12.7. The second-order valence-corrected chi connectivity index (χ2v) is 4.92. The van der Waals surface area contributed by atoms with Crippen LogP contribution in [0.1, 0.15) is 25.0 Å². The van der Waals surface area contributed by atoms with Gasteiger partial charge in [0.25, 0.3) is 0 Å². The fourth-order valence-electron chi connectivity index (χ4n) is 2.12. The average Bonchev–Trinajstić information content (AvgIpc) is 2.51. The summed E-state index contributed by atoms with van der Waals surface area (Å²) in [5.74, 6) is -0.655. The number of hydrogen-bond acceptors (Lipinski definition) is 4. The van der Waals surface area contributed by atoms with Crippen LogP contribution in [-0.2, 0) is 32.3 Å². The van der Waals surface area contributed by atoms with Gasteiger partial charge in [-0.05, 0) is 28.3 Å². The summed E-state index contributed by atoms with van der Waals surface area (Å²) in [6, 6.07) is 15.6. The van der Waals surface area contributed by atoms with Gasteiger partial charge in [-0.15, -0.1) is 0 Å². The van der Waals surface area contributed by atoms with Gasteiger partial charge in [0.2, 0.25) is 0 Å². The second kappa shape index (κ2) is 7.41. The number of rotatable bonds is 5. The molecule has 0 fully saturated rings. The van der Waals surface area contributed by atoms with Gasteiger partial charge in [0, 0.05) is 13.8 Å². The Hall–Kier alpha value is -2.62. The van der Waals surface area contributed by atoms with Crippen molar-refractivity contribution in [1.29, 1.82) is 0 Å². The first kappa shape index (κ1) is 15.8. The Morgan fingerprint density at radius 3 is 2.14 bits per heavy atom. The molecule has 0 unspecified atom stereocenters. The van der Waals surface area contributed by atoms with Crippen molar-refractivity contribution in [3.8, 4) is 11.1 Å². The maximum absolute atomic E-state index is 11.1. The third-order valence-electron chi connectivity index (χ3n) is 3.13. The molecule has 0 amide bonds. The van der Waals surface area contributed by atoms with Gasteiger partial charge in [-0.1, -0.05) is 42.5 Å². The molecular formula is C18H18O4. The lowest BCUT2D eigenvalue weighted by atomic mass is 9.98. The SMILES string of the molecule is CC(=O)OCc1ccc(-c2ccccc2)c(COC(C)=O)c1. The van der Waals surface area contributed by atoms with E-state index in [2.05, 4.69) is 0 Å². The third-order valence-corrected chi connectivity index (χ3v) is 3.13. The van der Waals surface area contributed by atoms with Crippen LogP contribution in [0.3, 0.4) is 0 Å². The van der Waals surface area contributed by atoms with E-state index in [4.69, 9.17) is 9.47 Å². The Morgan fingerprint density at radius 1 is 0.864 bits per heavy atom. The predicted molar refractivity (Wildman–Crippen MR) is 82.8 cm³/mol. The van der Waals surface area contributed by atoms with E-state index in [1.807, 2.05) is 48.5 Å². The van der Waals surface area contributed by atoms with E-state index in [0.29, 0.717) is 0 Å². The van der Waals surface area contributed by atoms with Crippen LogP contribution in [0.4, 0.5) is 0 Å². The molecule has 0 heterocycles. The maximum atomic E-state index is 11.1. The molecule has 0 saturated carbocycles. The molecule has 0 aliphatic carbocycles. The van der Waals surface area contributed by atoms with Crippen LogP contribution in [0.15, 0.2) is 48.5 Å². The lowest BCUT2D eigenvalue weighted by molar-refractivity contribution is -0.142. The highest BCUT2D eigenvalue weighted by atomic mass is 16.5. The van der Waals surface area contributed by atoms with Gasteiger partial charge >= 0.3 is 11.9 Å². The van der Waals surface area contributed by atoms with E-state index in [9.17, 15) is 9.59 Å². The fraction of sp³-hybridized carbons (Fsp3) is 0.222. The first-order valence-corrected chi connectivity index (χ1v) is 7.00. The molecule has 0 aliphatic rings. The quantitative estimate of drug-likeness (QED) is 0.793. The van der Waals surface area contributed by atoms with E-state index in [0.717, 1.165) is 22.3 Å². The molecule has 0 aliphatic heterocycles. The fourth-order valence-corrected chi connectivity index (χ4v) is 2.12. The standard InChI is InChI=1S/C18H18O4/c1-13(19)21-11-15-8-9-18(16-6-4-3-5-7-16)17(10-15)12-22-14(2)20/h3-10H,11-12H2,1-2H3. The highest BCUT2D eigenvalue weighted by Crippen LogP contribution is 2.25. The summed E-state index contributed by atoms with van der Waals surface area (Å²) in [4.78, 5) is 22.0. The lowest BCUT2D eigenvalue weighted by Gasteiger charge is -2.12.